The lowest BCUT2D eigenvalue weighted by molar-refractivity contribution is -0.133. The van der Waals surface area contributed by atoms with Crippen LogP contribution in [0.5, 0.6) is 11.5 Å². The van der Waals surface area contributed by atoms with E-state index in [4.69, 9.17) is 18.9 Å². The van der Waals surface area contributed by atoms with Crippen molar-refractivity contribution in [3.05, 3.63) is 123 Å². The number of carbonyl (C=O) groups excluding carboxylic acids is 2. The molecule has 0 atom stereocenters. The van der Waals surface area contributed by atoms with Crippen molar-refractivity contribution in [2.24, 2.45) is 0 Å². The maximum atomic E-state index is 11.0. The second kappa shape index (κ2) is 12.3. The Kier molecular flexibility index (Phi) is 8.59. The topological polar surface area (TPSA) is 71.1 Å². The minimum atomic E-state index is -0.552. The molecule has 0 saturated heterocycles. The Morgan fingerprint density at radius 1 is 0.500 bits per heavy atom. The van der Waals surface area contributed by atoms with Gasteiger partial charge in [0.05, 0.1) is 0 Å². The number of esters is 2. The zero-order valence-corrected chi connectivity index (χ0v) is 18.3. The fourth-order valence-electron chi connectivity index (χ4n) is 2.81. The molecule has 34 heavy (non-hydrogen) atoms. The van der Waals surface area contributed by atoms with E-state index in [2.05, 4.69) is 13.2 Å². The van der Waals surface area contributed by atoms with Gasteiger partial charge < -0.3 is 18.9 Å². The highest BCUT2D eigenvalue weighted by molar-refractivity contribution is 5.82. The average Bonchev–Trinajstić information content (AvgIpc) is 2.89. The maximum Gasteiger partial charge on any atom is 0.335 e. The lowest BCUT2D eigenvalue weighted by atomic mass is 10.0. The summed E-state index contributed by atoms with van der Waals surface area (Å²) < 4.78 is 20.2. The summed E-state index contributed by atoms with van der Waals surface area (Å²) in [7, 11) is 0. The first-order chi connectivity index (χ1) is 16.6. The normalized spacial score (nSPS) is 10.6. The fourth-order valence-corrected chi connectivity index (χ4v) is 2.81. The molecule has 0 saturated carbocycles. The van der Waals surface area contributed by atoms with E-state index in [0.717, 1.165) is 46.9 Å². The largest absolute Gasteiger partial charge is 0.462 e. The molecule has 0 amide bonds. The van der Waals surface area contributed by atoms with Gasteiger partial charge in [0, 0.05) is 12.2 Å². The number of rotatable bonds is 10. The SMILES string of the molecule is C=CC(=O)OC=COc1ccc(-c2ccc(-c3ccc(OC=COC(=O)C=C)cc3)cc2)cc1. The van der Waals surface area contributed by atoms with Crippen LogP contribution in [-0.4, -0.2) is 11.9 Å². The summed E-state index contributed by atoms with van der Waals surface area (Å²) in [5.74, 6) is 0.122. The molecule has 0 spiro atoms. The highest BCUT2D eigenvalue weighted by atomic mass is 16.5. The van der Waals surface area contributed by atoms with Gasteiger partial charge in [-0.05, 0) is 46.5 Å². The monoisotopic (exact) mass is 454 g/mol. The van der Waals surface area contributed by atoms with Gasteiger partial charge in [-0.25, -0.2) is 9.59 Å². The summed E-state index contributed by atoms with van der Waals surface area (Å²) in [6.07, 6.45) is 7.03. The molecule has 0 N–H and O–H groups in total. The highest BCUT2D eigenvalue weighted by Gasteiger charge is 2.02. The zero-order chi connectivity index (χ0) is 24.2. The van der Waals surface area contributed by atoms with Crippen LogP contribution < -0.4 is 9.47 Å². The Morgan fingerprint density at radius 2 is 0.794 bits per heavy atom. The number of hydrogen-bond acceptors (Lipinski definition) is 6. The van der Waals surface area contributed by atoms with Crippen molar-refractivity contribution in [3.8, 4) is 33.8 Å². The van der Waals surface area contributed by atoms with Crippen LogP contribution in [0.25, 0.3) is 22.3 Å². The second-order valence-electron chi connectivity index (χ2n) is 6.69. The van der Waals surface area contributed by atoms with Gasteiger partial charge >= 0.3 is 11.9 Å². The fraction of sp³-hybridized carbons (Fsp3) is 0. The summed E-state index contributed by atoms with van der Waals surface area (Å²) in [6, 6.07) is 23.3. The van der Waals surface area contributed by atoms with Crippen LogP contribution in [0.4, 0.5) is 0 Å². The third kappa shape index (κ3) is 7.10. The summed E-state index contributed by atoms with van der Waals surface area (Å²) in [6.45, 7) is 6.62. The van der Waals surface area contributed by atoms with E-state index in [0.29, 0.717) is 11.5 Å². The average molecular weight is 454 g/mol. The smallest absolute Gasteiger partial charge is 0.335 e. The van der Waals surface area contributed by atoms with E-state index in [1.54, 1.807) is 0 Å². The third-order valence-electron chi connectivity index (χ3n) is 4.48. The van der Waals surface area contributed by atoms with Crippen LogP contribution >= 0.6 is 0 Å². The molecule has 6 heteroatoms. The molecular formula is C28H22O6. The lowest BCUT2D eigenvalue weighted by Crippen LogP contribution is -1.93. The molecular weight excluding hydrogens is 432 g/mol. The van der Waals surface area contributed by atoms with Crippen molar-refractivity contribution in [1.82, 2.24) is 0 Å². The molecule has 0 aliphatic heterocycles. The van der Waals surface area contributed by atoms with Gasteiger partial charge in [-0.3, -0.25) is 0 Å². The molecule has 0 radical (unpaired) electrons. The summed E-state index contributed by atoms with van der Waals surface area (Å²) in [5.41, 5.74) is 4.19. The number of ether oxygens (including phenoxy) is 4. The molecule has 0 aliphatic carbocycles. The van der Waals surface area contributed by atoms with E-state index in [9.17, 15) is 9.59 Å². The van der Waals surface area contributed by atoms with Crippen LogP contribution in [0.1, 0.15) is 0 Å². The highest BCUT2D eigenvalue weighted by Crippen LogP contribution is 2.27. The molecule has 0 bridgehead atoms. The van der Waals surface area contributed by atoms with Crippen LogP contribution in [0.3, 0.4) is 0 Å². The predicted molar refractivity (Wildman–Crippen MR) is 129 cm³/mol. The minimum absolute atomic E-state index is 0.552. The van der Waals surface area contributed by atoms with Crippen LogP contribution in [0.15, 0.2) is 123 Å². The zero-order valence-electron chi connectivity index (χ0n) is 18.3. The van der Waals surface area contributed by atoms with Gasteiger partial charge in [0.15, 0.2) is 0 Å². The molecule has 0 heterocycles. The van der Waals surface area contributed by atoms with Crippen LogP contribution in [-0.2, 0) is 19.1 Å². The Morgan fingerprint density at radius 3 is 1.09 bits per heavy atom. The van der Waals surface area contributed by atoms with Gasteiger partial charge in [-0.15, -0.1) is 0 Å². The van der Waals surface area contributed by atoms with Gasteiger partial charge in [0.25, 0.3) is 0 Å². The van der Waals surface area contributed by atoms with Crippen molar-refractivity contribution in [2.45, 2.75) is 0 Å². The van der Waals surface area contributed by atoms with Crippen molar-refractivity contribution < 1.29 is 28.5 Å². The summed E-state index contributed by atoms with van der Waals surface area (Å²) in [4.78, 5) is 21.9. The van der Waals surface area contributed by atoms with Gasteiger partial charge in [-0.2, -0.15) is 0 Å². The van der Waals surface area contributed by atoms with Crippen molar-refractivity contribution in [1.29, 1.82) is 0 Å². The van der Waals surface area contributed by atoms with E-state index < -0.39 is 11.9 Å². The van der Waals surface area contributed by atoms with Crippen LogP contribution in [0.2, 0.25) is 0 Å². The van der Waals surface area contributed by atoms with Crippen molar-refractivity contribution in [2.75, 3.05) is 0 Å². The van der Waals surface area contributed by atoms with Gasteiger partial charge in [-0.1, -0.05) is 61.7 Å². The molecule has 170 valence electrons. The first kappa shape index (κ1) is 23.8. The third-order valence-corrected chi connectivity index (χ3v) is 4.48. The molecule has 3 rings (SSSR count). The van der Waals surface area contributed by atoms with Gasteiger partial charge in [0.2, 0.25) is 0 Å². The van der Waals surface area contributed by atoms with E-state index in [1.165, 1.54) is 12.5 Å². The molecule has 0 unspecified atom stereocenters. The Balaban J connectivity index is 1.57. The van der Waals surface area contributed by atoms with E-state index >= 15 is 0 Å². The second-order valence-corrected chi connectivity index (χ2v) is 6.69. The Bertz CT molecular complexity index is 1090. The first-order valence-corrected chi connectivity index (χ1v) is 10.2. The minimum Gasteiger partial charge on any atom is -0.462 e. The van der Waals surface area contributed by atoms with Gasteiger partial charge in [0.1, 0.15) is 36.5 Å². The van der Waals surface area contributed by atoms with Crippen LogP contribution in [0, 0.1) is 0 Å². The molecule has 3 aromatic rings. The summed E-state index contributed by atoms with van der Waals surface area (Å²) >= 11 is 0. The number of benzene rings is 3. The first-order valence-electron chi connectivity index (χ1n) is 10.2. The Hall–Kier alpha value is -4.84. The number of hydrogen-bond donors (Lipinski definition) is 0. The van der Waals surface area contributed by atoms with Crippen molar-refractivity contribution >= 4 is 11.9 Å². The lowest BCUT2D eigenvalue weighted by Gasteiger charge is -2.07. The standard InChI is InChI=1S/C28H22O6/c1-3-27(29)33-19-17-31-25-13-9-23(10-14-25)21-5-7-22(8-6-21)24-11-15-26(16-12-24)32-18-20-34-28(30)4-2/h3-20H,1-2H2. The quantitative estimate of drug-likeness (QED) is 0.207. The van der Waals surface area contributed by atoms with E-state index in [1.807, 2.05) is 72.8 Å². The van der Waals surface area contributed by atoms with E-state index in [-0.39, 0.29) is 0 Å². The molecule has 0 aliphatic rings. The van der Waals surface area contributed by atoms with Crippen molar-refractivity contribution in [3.63, 3.8) is 0 Å². The summed E-state index contributed by atoms with van der Waals surface area (Å²) in [5, 5.41) is 0. The predicted octanol–water partition coefficient (Wildman–Crippen LogP) is 6.18. The molecule has 3 aromatic carbocycles. The Labute approximate surface area is 197 Å². The maximum absolute atomic E-state index is 11.0. The number of carbonyl (C=O) groups is 2. The molecule has 0 aromatic heterocycles. The molecule has 6 nitrogen and oxygen atoms in total. The molecule has 0 fully saturated rings.